The number of likely N-dealkylation sites (N-methyl/N-ethyl adjacent to an activating group) is 1. The third-order valence-electron chi connectivity index (χ3n) is 6.51. The summed E-state index contributed by atoms with van der Waals surface area (Å²) in [6.07, 6.45) is 5.30. The number of nitrogens with one attached hydrogen (secondary N) is 1. The number of aryl methyl sites for hydroxylation is 1. The summed E-state index contributed by atoms with van der Waals surface area (Å²) in [6.45, 7) is 3.18. The van der Waals surface area contributed by atoms with Gasteiger partial charge in [-0.15, -0.1) is 0 Å². The van der Waals surface area contributed by atoms with E-state index >= 15 is 4.39 Å². The van der Waals surface area contributed by atoms with Crippen LogP contribution in [0, 0.1) is 12.7 Å². The van der Waals surface area contributed by atoms with Gasteiger partial charge in [-0.3, -0.25) is 4.79 Å². The molecule has 5 aromatic rings. The van der Waals surface area contributed by atoms with E-state index < -0.39 is 0 Å². The molecule has 38 heavy (non-hydrogen) atoms. The van der Waals surface area contributed by atoms with Crippen molar-refractivity contribution in [1.82, 2.24) is 34.7 Å². The third-order valence-corrected chi connectivity index (χ3v) is 7.63. The van der Waals surface area contributed by atoms with Crippen molar-refractivity contribution >= 4 is 39.9 Å². The largest absolute Gasteiger partial charge is 0.443 e. The van der Waals surface area contributed by atoms with Crippen LogP contribution in [0.1, 0.15) is 28.0 Å². The van der Waals surface area contributed by atoms with Crippen LogP contribution in [0.15, 0.2) is 53.4 Å². The molecule has 194 valence electrons. The van der Waals surface area contributed by atoms with Crippen LogP contribution in [0.4, 0.5) is 4.39 Å². The van der Waals surface area contributed by atoms with Gasteiger partial charge in [0.25, 0.3) is 5.91 Å². The number of hydrogen-bond donors (Lipinski definition) is 1. The first-order valence-electron chi connectivity index (χ1n) is 12.0. The molecule has 12 heteroatoms. The molecule has 1 aromatic carbocycles. The molecular formula is C26H23ClFN7O2S. The third kappa shape index (κ3) is 4.68. The van der Waals surface area contributed by atoms with E-state index in [1.54, 1.807) is 30.7 Å². The molecule has 2 unspecified atom stereocenters. The van der Waals surface area contributed by atoms with Crippen molar-refractivity contribution in [3.05, 3.63) is 69.8 Å². The fourth-order valence-electron chi connectivity index (χ4n) is 4.98. The second-order valence-corrected chi connectivity index (χ2v) is 11.1. The van der Waals surface area contributed by atoms with Gasteiger partial charge in [0.2, 0.25) is 5.89 Å². The number of carbonyl (C=O) groups is 1. The lowest BCUT2D eigenvalue weighted by Gasteiger charge is -2.37. The SMILES string of the molecule is Cc1coc(-c2cc3c(cn2)nc(-c2ccccc2F)n3C2CC(NC(=O)c3ncc(Cl)s3)CN(C)C2)n1. The maximum atomic E-state index is 15.0. The lowest BCUT2D eigenvalue weighted by Crippen LogP contribution is -2.50. The van der Waals surface area contributed by atoms with Gasteiger partial charge in [-0.1, -0.05) is 35.1 Å². The number of likely N-dealkylation sites (tertiary alicyclic amines) is 1. The Hall–Kier alpha value is -3.67. The molecule has 0 saturated carbocycles. The molecular weight excluding hydrogens is 529 g/mol. The number of fused-ring (bicyclic) bond motifs is 1. The molecule has 0 spiro atoms. The summed E-state index contributed by atoms with van der Waals surface area (Å²) in [5.74, 6) is 0.266. The van der Waals surface area contributed by atoms with Gasteiger partial charge in [0.1, 0.15) is 33.5 Å². The zero-order valence-corrected chi connectivity index (χ0v) is 22.1. The number of imidazole rings is 1. The summed E-state index contributed by atoms with van der Waals surface area (Å²) < 4.78 is 23.1. The molecule has 1 aliphatic rings. The Morgan fingerprint density at radius 2 is 2.05 bits per heavy atom. The Morgan fingerprint density at radius 3 is 2.79 bits per heavy atom. The summed E-state index contributed by atoms with van der Waals surface area (Å²) in [7, 11) is 2.00. The van der Waals surface area contributed by atoms with Crippen LogP contribution >= 0.6 is 22.9 Å². The minimum atomic E-state index is -0.366. The average molecular weight is 552 g/mol. The highest BCUT2D eigenvalue weighted by molar-refractivity contribution is 7.17. The molecule has 0 radical (unpaired) electrons. The van der Waals surface area contributed by atoms with E-state index in [4.69, 9.17) is 21.0 Å². The summed E-state index contributed by atoms with van der Waals surface area (Å²) in [5, 5.41) is 3.41. The van der Waals surface area contributed by atoms with Crippen LogP contribution in [0.3, 0.4) is 0 Å². The fraction of sp³-hybridized carbons (Fsp3) is 0.269. The van der Waals surface area contributed by atoms with Crippen molar-refractivity contribution in [1.29, 1.82) is 0 Å². The highest BCUT2D eigenvalue weighted by atomic mass is 35.5. The van der Waals surface area contributed by atoms with Crippen molar-refractivity contribution in [3.63, 3.8) is 0 Å². The van der Waals surface area contributed by atoms with Crippen LogP contribution in [-0.2, 0) is 0 Å². The number of benzene rings is 1. The molecule has 0 aliphatic carbocycles. The second kappa shape index (κ2) is 9.90. The Morgan fingerprint density at radius 1 is 1.21 bits per heavy atom. The first-order valence-corrected chi connectivity index (χ1v) is 13.2. The number of halogens is 2. The van der Waals surface area contributed by atoms with Gasteiger partial charge in [-0.05, 0) is 38.6 Å². The Labute approximate surface area is 226 Å². The Bertz CT molecular complexity index is 1650. The number of carbonyl (C=O) groups excluding carboxylic acids is 1. The van der Waals surface area contributed by atoms with Gasteiger partial charge in [0.15, 0.2) is 5.01 Å². The summed E-state index contributed by atoms with van der Waals surface area (Å²) >= 11 is 7.11. The topological polar surface area (TPSA) is 102 Å². The first kappa shape index (κ1) is 24.7. The monoisotopic (exact) mass is 551 g/mol. The number of pyridine rings is 1. The molecule has 1 aliphatic heterocycles. The zero-order chi connectivity index (χ0) is 26.4. The fourth-order valence-corrected chi connectivity index (χ4v) is 5.79. The van der Waals surface area contributed by atoms with E-state index in [9.17, 15) is 4.79 Å². The van der Waals surface area contributed by atoms with Gasteiger partial charge in [-0.2, -0.15) is 0 Å². The lowest BCUT2D eigenvalue weighted by atomic mass is 10.00. The van der Waals surface area contributed by atoms with Gasteiger partial charge < -0.3 is 19.2 Å². The van der Waals surface area contributed by atoms with E-state index in [0.29, 0.717) is 57.3 Å². The Kier molecular flexibility index (Phi) is 6.42. The number of hydrogen-bond acceptors (Lipinski definition) is 8. The zero-order valence-electron chi connectivity index (χ0n) is 20.6. The lowest BCUT2D eigenvalue weighted by molar-refractivity contribution is 0.0893. The van der Waals surface area contributed by atoms with Crippen LogP contribution in [-0.4, -0.2) is 61.5 Å². The van der Waals surface area contributed by atoms with Crippen LogP contribution in [0.2, 0.25) is 4.34 Å². The van der Waals surface area contributed by atoms with E-state index in [-0.39, 0.29) is 23.8 Å². The minimum absolute atomic E-state index is 0.125. The average Bonchev–Trinajstić information content (AvgIpc) is 3.61. The molecule has 1 saturated heterocycles. The van der Waals surface area contributed by atoms with E-state index in [1.807, 2.05) is 24.6 Å². The van der Waals surface area contributed by atoms with E-state index in [0.717, 1.165) is 22.5 Å². The van der Waals surface area contributed by atoms with Gasteiger partial charge >= 0.3 is 0 Å². The van der Waals surface area contributed by atoms with Crippen molar-refractivity contribution in [2.45, 2.75) is 25.4 Å². The predicted octanol–water partition coefficient (Wildman–Crippen LogP) is 4.99. The molecule has 9 nitrogen and oxygen atoms in total. The number of nitrogens with zero attached hydrogens (tertiary/aromatic N) is 6. The van der Waals surface area contributed by atoms with Crippen molar-refractivity contribution in [2.75, 3.05) is 20.1 Å². The smallest absolute Gasteiger partial charge is 0.280 e. The van der Waals surface area contributed by atoms with Crippen LogP contribution < -0.4 is 5.32 Å². The van der Waals surface area contributed by atoms with Gasteiger partial charge in [-0.25, -0.2) is 24.3 Å². The Balaban J connectivity index is 1.43. The number of thiazole rings is 1. The maximum Gasteiger partial charge on any atom is 0.280 e. The van der Waals surface area contributed by atoms with E-state index in [1.165, 1.54) is 12.3 Å². The molecule has 1 amide bonds. The summed E-state index contributed by atoms with van der Waals surface area (Å²) in [4.78, 5) is 32.8. The van der Waals surface area contributed by atoms with Gasteiger partial charge in [0, 0.05) is 19.1 Å². The molecule has 6 rings (SSSR count). The normalized spacial score (nSPS) is 18.2. The quantitative estimate of drug-likeness (QED) is 0.328. The minimum Gasteiger partial charge on any atom is -0.443 e. The predicted molar refractivity (Wildman–Crippen MR) is 143 cm³/mol. The van der Waals surface area contributed by atoms with Crippen LogP contribution in [0.25, 0.3) is 34.0 Å². The molecule has 4 aromatic heterocycles. The highest BCUT2D eigenvalue weighted by Crippen LogP contribution is 2.35. The second-order valence-electron chi connectivity index (χ2n) is 9.39. The highest BCUT2D eigenvalue weighted by Gasteiger charge is 2.32. The van der Waals surface area contributed by atoms with E-state index in [2.05, 4.69) is 25.2 Å². The summed E-state index contributed by atoms with van der Waals surface area (Å²) in [6, 6.07) is 8.16. The molecule has 2 atom stereocenters. The number of rotatable bonds is 5. The van der Waals surface area contributed by atoms with Gasteiger partial charge in [0.05, 0.1) is 35.2 Å². The molecule has 1 N–H and O–H groups in total. The first-order chi connectivity index (χ1) is 18.4. The van der Waals surface area contributed by atoms with Crippen molar-refractivity contribution in [3.8, 4) is 23.0 Å². The maximum absolute atomic E-state index is 15.0. The van der Waals surface area contributed by atoms with Crippen molar-refractivity contribution in [2.24, 2.45) is 0 Å². The number of piperidine rings is 1. The number of amides is 1. The number of aromatic nitrogens is 5. The van der Waals surface area contributed by atoms with Crippen LogP contribution in [0.5, 0.6) is 0 Å². The number of oxazole rings is 1. The standard InChI is InChI=1S/C26H23ClFN7O2S/c1-14-13-37-25(31-14)19-8-21-20(9-29-19)33-23(17-5-3-4-6-18(17)28)35(21)16-7-15(11-34(2)12-16)32-24(36)26-30-10-22(27)38-26/h3-6,8-10,13,15-16H,7,11-12H2,1-2H3,(H,32,36). The molecule has 0 bridgehead atoms. The summed E-state index contributed by atoms with van der Waals surface area (Å²) in [5.41, 5.74) is 3.10. The molecule has 1 fully saturated rings. The molecule has 5 heterocycles. The van der Waals surface area contributed by atoms with Crippen molar-refractivity contribution < 1.29 is 13.6 Å².